The molecule has 0 fully saturated rings. The van der Waals surface area contributed by atoms with Crippen molar-refractivity contribution in [3.05, 3.63) is 24.3 Å². The van der Waals surface area contributed by atoms with Crippen molar-refractivity contribution in [2.24, 2.45) is 4.99 Å². The Morgan fingerprint density at radius 3 is 2.70 bits per heavy atom. The molecule has 0 spiro atoms. The van der Waals surface area contributed by atoms with Crippen LogP contribution in [0, 0.1) is 5.41 Å². The fourth-order valence-electron chi connectivity index (χ4n) is 0.782. The molecule has 0 amide bonds. The van der Waals surface area contributed by atoms with Gasteiger partial charge in [0.05, 0.1) is 11.4 Å². The van der Waals surface area contributed by atoms with Crippen LogP contribution in [-0.4, -0.2) is 18.0 Å². The molecular weight excluding hydrogens is 124 g/mol. The highest BCUT2D eigenvalue weighted by molar-refractivity contribution is 6.49. The Bertz CT molecular complexity index is 221. The van der Waals surface area contributed by atoms with Gasteiger partial charge in [0.2, 0.25) is 0 Å². The maximum atomic E-state index is 7.38. The molecule has 0 radical (unpaired) electrons. The number of rotatable bonds is 1. The molecule has 10 heavy (non-hydrogen) atoms. The number of nitrogens with one attached hydrogen (secondary N) is 1. The smallest absolute Gasteiger partial charge is 0.0823 e. The fourth-order valence-corrected chi connectivity index (χ4v) is 0.782. The summed E-state index contributed by atoms with van der Waals surface area (Å²) in [5.41, 5.74) is 1.29. The Hall–Kier alpha value is -1.18. The lowest BCUT2D eigenvalue weighted by atomic mass is 10.1. The molecule has 0 heterocycles. The molecule has 0 saturated carbocycles. The largest absolute Gasteiger partial charge is 0.299 e. The highest BCUT2D eigenvalue weighted by atomic mass is 14.7. The molecular formula is C8H10N2. The third-order valence-electron chi connectivity index (χ3n) is 1.23. The quantitative estimate of drug-likeness (QED) is 0.529. The van der Waals surface area contributed by atoms with E-state index >= 15 is 0 Å². The van der Waals surface area contributed by atoms with Gasteiger partial charge in [-0.1, -0.05) is 12.2 Å². The van der Waals surface area contributed by atoms with Gasteiger partial charge in [0.15, 0.2) is 0 Å². The van der Waals surface area contributed by atoms with Gasteiger partial charge in [-0.3, -0.25) is 10.4 Å². The van der Waals surface area contributed by atoms with Crippen LogP contribution >= 0.6 is 0 Å². The second-order valence-corrected chi connectivity index (χ2v) is 1.99. The van der Waals surface area contributed by atoms with Crippen molar-refractivity contribution in [1.29, 1.82) is 5.41 Å². The van der Waals surface area contributed by atoms with Crippen molar-refractivity contribution in [1.82, 2.24) is 0 Å². The standard InChI is InChI=1S/C8H10N2/c1-2-10-8-6-4-3-5-7(8)9/h3-6,9H,2H2,1H3. The average Bonchev–Trinajstić information content (AvgIpc) is 1.94. The Balaban J connectivity index is 2.80. The van der Waals surface area contributed by atoms with Crippen LogP contribution < -0.4 is 0 Å². The van der Waals surface area contributed by atoms with Crippen LogP contribution in [0.4, 0.5) is 0 Å². The van der Waals surface area contributed by atoms with Crippen molar-refractivity contribution < 1.29 is 0 Å². The summed E-state index contributed by atoms with van der Waals surface area (Å²) >= 11 is 0. The van der Waals surface area contributed by atoms with Gasteiger partial charge in [-0.2, -0.15) is 0 Å². The highest BCUT2D eigenvalue weighted by Crippen LogP contribution is 1.95. The topological polar surface area (TPSA) is 36.2 Å². The molecule has 1 N–H and O–H groups in total. The SMILES string of the molecule is CCN=C1C=CC=CC1=N. The van der Waals surface area contributed by atoms with Crippen molar-refractivity contribution in [3.63, 3.8) is 0 Å². The number of allylic oxidation sites excluding steroid dienone is 4. The van der Waals surface area contributed by atoms with Crippen molar-refractivity contribution in [2.45, 2.75) is 6.92 Å². The third-order valence-corrected chi connectivity index (χ3v) is 1.23. The Morgan fingerprint density at radius 1 is 1.40 bits per heavy atom. The molecule has 1 aliphatic rings. The molecule has 1 rings (SSSR count). The molecule has 0 saturated heterocycles. The average molecular weight is 134 g/mol. The van der Waals surface area contributed by atoms with E-state index in [2.05, 4.69) is 4.99 Å². The van der Waals surface area contributed by atoms with Gasteiger partial charge >= 0.3 is 0 Å². The zero-order valence-electron chi connectivity index (χ0n) is 5.96. The maximum absolute atomic E-state index is 7.38. The molecule has 1 aliphatic carbocycles. The van der Waals surface area contributed by atoms with Crippen LogP contribution in [0.1, 0.15) is 6.92 Å². The molecule has 0 aliphatic heterocycles. The van der Waals surface area contributed by atoms with E-state index in [9.17, 15) is 0 Å². The lowest BCUT2D eigenvalue weighted by Crippen LogP contribution is -2.09. The molecule has 52 valence electrons. The monoisotopic (exact) mass is 134 g/mol. The lowest BCUT2D eigenvalue weighted by molar-refractivity contribution is 1.14. The molecule has 0 aromatic carbocycles. The van der Waals surface area contributed by atoms with E-state index in [0.29, 0.717) is 5.71 Å². The van der Waals surface area contributed by atoms with Gasteiger partial charge in [0.1, 0.15) is 0 Å². The second-order valence-electron chi connectivity index (χ2n) is 1.99. The van der Waals surface area contributed by atoms with Crippen molar-refractivity contribution >= 4 is 11.4 Å². The van der Waals surface area contributed by atoms with Crippen molar-refractivity contribution in [3.8, 4) is 0 Å². The predicted molar refractivity (Wildman–Crippen MR) is 44.0 cm³/mol. The first kappa shape index (κ1) is 6.93. The first-order valence-electron chi connectivity index (χ1n) is 3.32. The summed E-state index contributed by atoms with van der Waals surface area (Å²) in [5.74, 6) is 0. The van der Waals surface area contributed by atoms with Crippen LogP contribution in [0.15, 0.2) is 29.3 Å². The van der Waals surface area contributed by atoms with Gasteiger partial charge in [0, 0.05) is 6.54 Å². The van der Waals surface area contributed by atoms with E-state index in [-0.39, 0.29) is 0 Å². The molecule has 0 aromatic heterocycles. The van der Waals surface area contributed by atoms with Crippen LogP contribution in [0.25, 0.3) is 0 Å². The fraction of sp³-hybridized carbons (Fsp3) is 0.250. The zero-order chi connectivity index (χ0) is 7.40. The van der Waals surface area contributed by atoms with Gasteiger partial charge in [-0.25, -0.2) is 0 Å². The molecule has 2 heteroatoms. The number of nitrogens with zero attached hydrogens (tertiary/aromatic N) is 1. The predicted octanol–water partition coefficient (Wildman–Crippen LogP) is 1.59. The summed E-state index contributed by atoms with van der Waals surface area (Å²) in [5, 5.41) is 7.38. The first-order valence-corrected chi connectivity index (χ1v) is 3.32. The summed E-state index contributed by atoms with van der Waals surface area (Å²) in [6.07, 6.45) is 7.34. The van der Waals surface area contributed by atoms with Crippen LogP contribution in [0.5, 0.6) is 0 Å². The summed E-state index contributed by atoms with van der Waals surface area (Å²) < 4.78 is 0. The van der Waals surface area contributed by atoms with E-state index in [1.807, 2.05) is 25.2 Å². The van der Waals surface area contributed by atoms with Gasteiger partial charge < -0.3 is 0 Å². The Kier molecular flexibility index (Phi) is 2.15. The van der Waals surface area contributed by atoms with E-state index in [4.69, 9.17) is 5.41 Å². The first-order chi connectivity index (χ1) is 4.84. The highest BCUT2D eigenvalue weighted by Gasteiger charge is 2.00. The van der Waals surface area contributed by atoms with Crippen LogP contribution in [0.2, 0.25) is 0 Å². The van der Waals surface area contributed by atoms with E-state index in [1.165, 1.54) is 0 Å². The lowest BCUT2D eigenvalue weighted by Gasteiger charge is -2.00. The van der Waals surface area contributed by atoms with Crippen LogP contribution in [0.3, 0.4) is 0 Å². The number of hydrogen-bond donors (Lipinski definition) is 1. The van der Waals surface area contributed by atoms with Gasteiger partial charge in [-0.15, -0.1) is 0 Å². The summed E-state index contributed by atoms with van der Waals surface area (Å²) in [7, 11) is 0. The minimum Gasteiger partial charge on any atom is -0.299 e. The number of aliphatic imine (C=N–C) groups is 1. The van der Waals surface area contributed by atoms with E-state index in [0.717, 1.165) is 12.3 Å². The molecule has 0 unspecified atom stereocenters. The zero-order valence-corrected chi connectivity index (χ0v) is 5.96. The van der Waals surface area contributed by atoms with Gasteiger partial charge in [-0.05, 0) is 19.1 Å². The summed E-state index contributed by atoms with van der Waals surface area (Å²) in [6.45, 7) is 2.71. The van der Waals surface area contributed by atoms with Crippen molar-refractivity contribution in [2.75, 3.05) is 6.54 Å². The molecule has 0 aromatic rings. The summed E-state index contributed by atoms with van der Waals surface area (Å²) in [6, 6.07) is 0. The molecule has 0 atom stereocenters. The molecule has 0 bridgehead atoms. The summed E-state index contributed by atoms with van der Waals surface area (Å²) in [4.78, 5) is 4.12. The van der Waals surface area contributed by atoms with E-state index in [1.54, 1.807) is 6.08 Å². The van der Waals surface area contributed by atoms with Crippen LogP contribution in [-0.2, 0) is 0 Å². The minimum atomic E-state index is 0.504. The Labute approximate surface area is 60.5 Å². The van der Waals surface area contributed by atoms with E-state index < -0.39 is 0 Å². The minimum absolute atomic E-state index is 0.504. The normalized spacial score (nSPS) is 20.5. The Morgan fingerprint density at radius 2 is 2.10 bits per heavy atom. The second kappa shape index (κ2) is 3.11. The maximum Gasteiger partial charge on any atom is 0.0823 e. The van der Waals surface area contributed by atoms with Gasteiger partial charge in [0.25, 0.3) is 0 Å². The molecule has 2 nitrogen and oxygen atoms in total. The number of hydrogen-bond acceptors (Lipinski definition) is 2. The third kappa shape index (κ3) is 1.41.